The third kappa shape index (κ3) is 3.23. The maximum atomic E-state index is 11.0. The third-order valence-corrected chi connectivity index (χ3v) is 3.04. The molecule has 19 heavy (non-hydrogen) atoms. The van der Waals surface area contributed by atoms with Gasteiger partial charge in [0.15, 0.2) is 0 Å². The summed E-state index contributed by atoms with van der Waals surface area (Å²) < 4.78 is 5.48. The van der Waals surface area contributed by atoms with Crippen molar-refractivity contribution < 1.29 is 14.3 Å². The first-order valence-corrected chi connectivity index (χ1v) is 6.26. The van der Waals surface area contributed by atoms with Crippen LogP contribution in [0.5, 0.6) is 0 Å². The molecule has 0 bridgehead atoms. The molecule has 4 nitrogen and oxygen atoms in total. The molecule has 0 aliphatic carbocycles. The summed E-state index contributed by atoms with van der Waals surface area (Å²) in [6, 6.07) is 13.3. The fourth-order valence-electron chi connectivity index (χ4n) is 2.20. The van der Waals surface area contributed by atoms with Crippen molar-refractivity contribution in [3.8, 4) is 0 Å². The Bertz CT molecular complexity index is 507. The van der Waals surface area contributed by atoms with E-state index < -0.39 is 5.97 Å². The molecule has 0 amide bonds. The molecule has 2 aromatic rings. The van der Waals surface area contributed by atoms with Gasteiger partial charge in [-0.25, -0.2) is 0 Å². The van der Waals surface area contributed by atoms with E-state index in [1.165, 1.54) is 0 Å². The molecule has 0 saturated carbocycles. The van der Waals surface area contributed by atoms with Crippen LogP contribution < -0.4 is 0 Å². The lowest BCUT2D eigenvalue weighted by Gasteiger charge is -2.28. The molecule has 1 atom stereocenters. The van der Waals surface area contributed by atoms with Gasteiger partial charge in [0.25, 0.3) is 0 Å². The van der Waals surface area contributed by atoms with Gasteiger partial charge in [0.2, 0.25) is 0 Å². The molecule has 1 aromatic carbocycles. The average Bonchev–Trinajstić information content (AvgIpc) is 2.92. The molecule has 0 saturated heterocycles. The van der Waals surface area contributed by atoms with E-state index in [0.29, 0.717) is 6.54 Å². The van der Waals surface area contributed by atoms with Crippen molar-refractivity contribution in [2.45, 2.75) is 13.0 Å². The highest BCUT2D eigenvalue weighted by atomic mass is 16.4. The van der Waals surface area contributed by atoms with E-state index in [9.17, 15) is 4.79 Å². The number of carbonyl (C=O) groups is 1. The number of hydrogen-bond donors (Lipinski definition) is 1. The Kier molecular flexibility index (Phi) is 4.36. The van der Waals surface area contributed by atoms with Gasteiger partial charge < -0.3 is 9.52 Å². The van der Waals surface area contributed by atoms with Gasteiger partial charge >= 0.3 is 5.97 Å². The fourth-order valence-corrected chi connectivity index (χ4v) is 2.20. The molecule has 1 N–H and O–H groups in total. The number of carboxylic acids is 1. The first-order valence-electron chi connectivity index (χ1n) is 6.26. The Morgan fingerprint density at radius 3 is 2.53 bits per heavy atom. The Morgan fingerprint density at radius 2 is 2.00 bits per heavy atom. The van der Waals surface area contributed by atoms with E-state index in [-0.39, 0.29) is 12.6 Å². The van der Waals surface area contributed by atoms with Gasteiger partial charge in [0.1, 0.15) is 5.76 Å². The van der Waals surface area contributed by atoms with Gasteiger partial charge in [-0.3, -0.25) is 9.69 Å². The van der Waals surface area contributed by atoms with Crippen molar-refractivity contribution in [3.63, 3.8) is 0 Å². The second-order valence-electron chi connectivity index (χ2n) is 4.29. The number of likely N-dealkylation sites (N-methyl/N-ethyl adjacent to an activating group) is 1. The normalized spacial score (nSPS) is 12.5. The van der Waals surface area contributed by atoms with Gasteiger partial charge in [-0.1, -0.05) is 37.3 Å². The molecular formula is C15H17NO3. The summed E-state index contributed by atoms with van der Waals surface area (Å²) in [5.41, 5.74) is 1.03. The van der Waals surface area contributed by atoms with E-state index >= 15 is 0 Å². The molecule has 0 radical (unpaired) electrons. The molecule has 0 fully saturated rings. The van der Waals surface area contributed by atoms with Crippen LogP contribution in [-0.2, 0) is 4.79 Å². The zero-order valence-corrected chi connectivity index (χ0v) is 10.8. The highest BCUT2D eigenvalue weighted by molar-refractivity contribution is 5.69. The zero-order valence-electron chi connectivity index (χ0n) is 10.8. The number of rotatable bonds is 6. The minimum Gasteiger partial charge on any atom is -0.480 e. The number of nitrogens with zero attached hydrogens (tertiary/aromatic N) is 1. The number of benzene rings is 1. The molecular weight excluding hydrogens is 242 g/mol. The van der Waals surface area contributed by atoms with Crippen LogP contribution in [0.15, 0.2) is 53.1 Å². The number of hydrogen-bond acceptors (Lipinski definition) is 3. The highest BCUT2D eigenvalue weighted by Gasteiger charge is 2.25. The predicted octanol–water partition coefficient (Wildman–Crippen LogP) is 2.78. The van der Waals surface area contributed by atoms with Crippen LogP contribution in [0.2, 0.25) is 0 Å². The Labute approximate surface area is 112 Å². The topological polar surface area (TPSA) is 53.7 Å². The van der Waals surface area contributed by atoms with Crippen molar-refractivity contribution in [2.24, 2.45) is 0 Å². The molecule has 100 valence electrons. The number of aliphatic carboxylic acids is 1. The minimum absolute atomic E-state index is 0.0171. The zero-order chi connectivity index (χ0) is 13.7. The van der Waals surface area contributed by atoms with Crippen LogP contribution in [0.1, 0.15) is 24.3 Å². The summed E-state index contributed by atoms with van der Waals surface area (Å²) >= 11 is 0. The molecule has 1 unspecified atom stereocenters. The summed E-state index contributed by atoms with van der Waals surface area (Å²) in [4.78, 5) is 12.9. The first-order chi connectivity index (χ1) is 9.22. The lowest BCUT2D eigenvalue weighted by Crippen LogP contribution is -2.34. The van der Waals surface area contributed by atoms with Crippen molar-refractivity contribution in [3.05, 3.63) is 60.1 Å². The lowest BCUT2D eigenvalue weighted by atomic mass is 10.0. The van der Waals surface area contributed by atoms with Crippen LogP contribution in [0.4, 0.5) is 0 Å². The summed E-state index contributed by atoms with van der Waals surface area (Å²) in [6.45, 7) is 2.56. The van der Waals surface area contributed by atoms with Crippen LogP contribution in [-0.4, -0.2) is 29.1 Å². The van der Waals surface area contributed by atoms with Gasteiger partial charge in [-0.05, 0) is 24.2 Å². The standard InChI is InChI=1S/C15H17NO3/c1-2-16(11-14(17)18)15(13-9-6-10-19-13)12-7-4-3-5-8-12/h3-10,15H,2,11H2,1H3,(H,17,18). The van der Waals surface area contributed by atoms with Gasteiger partial charge in [0.05, 0.1) is 18.8 Å². The number of furan rings is 1. The molecule has 4 heteroatoms. The van der Waals surface area contributed by atoms with E-state index in [4.69, 9.17) is 9.52 Å². The van der Waals surface area contributed by atoms with E-state index in [0.717, 1.165) is 11.3 Å². The molecule has 0 aliphatic heterocycles. The predicted molar refractivity (Wildman–Crippen MR) is 71.9 cm³/mol. The quantitative estimate of drug-likeness (QED) is 0.866. The Balaban J connectivity index is 2.37. The second kappa shape index (κ2) is 6.20. The molecule has 0 aliphatic rings. The third-order valence-electron chi connectivity index (χ3n) is 3.04. The lowest BCUT2D eigenvalue weighted by molar-refractivity contribution is -0.138. The van der Waals surface area contributed by atoms with E-state index in [1.807, 2.05) is 54.3 Å². The van der Waals surface area contributed by atoms with Gasteiger partial charge in [-0.2, -0.15) is 0 Å². The Hall–Kier alpha value is -2.07. The van der Waals surface area contributed by atoms with Crippen molar-refractivity contribution >= 4 is 5.97 Å². The number of carboxylic acid groups (broad SMARTS) is 1. The fraction of sp³-hybridized carbons (Fsp3) is 0.267. The maximum Gasteiger partial charge on any atom is 0.317 e. The second-order valence-corrected chi connectivity index (χ2v) is 4.29. The molecule has 0 spiro atoms. The maximum absolute atomic E-state index is 11.0. The largest absolute Gasteiger partial charge is 0.480 e. The summed E-state index contributed by atoms with van der Waals surface area (Å²) in [5.74, 6) is -0.0800. The average molecular weight is 259 g/mol. The minimum atomic E-state index is -0.839. The molecule has 2 rings (SSSR count). The molecule has 1 heterocycles. The Morgan fingerprint density at radius 1 is 1.26 bits per heavy atom. The van der Waals surface area contributed by atoms with E-state index in [1.54, 1.807) is 6.26 Å². The summed E-state index contributed by atoms with van der Waals surface area (Å²) in [6.07, 6.45) is 1.61. The molecule has 1 aromatic heterocycles. The summed E-state index contributed by atoms with van der Waals surface area (Å²) in [7, 11) is 0. The van der Waals surface area contributed by atoms with Crippen LogP contribution in [0.25, 0.3) is 0 Å². The van der Waals surface area contributed by atoms with Crippen molar-refractivity contribution in [1.82, 2.24) is 4.90 Å². The van der Waals surface area contributed by atoms with Crippen molar-refractivity contribution in [1.29, 1.82) is 0 Å². The van der Waals surface area contributed by atoms with Crippen LogP contribution in [0.3, 0.4) is 0 Å². The van der Waals surface area contributed by atoms with Crippen LogP contribution in [0, 0.1) is 0 Å². The SMILES string of the molecule is CCN(CC(=O)O)C(c1ccccc1)c1ccco1. The van der Waals surface area contributed by atoms with Crippen molar-refractivity contribution in [2.75, 3.05) is 13.1 Å². The highest BCUT2D eigenvalue weighted by Crippen LogP contribution is 2.28. The monoisotopic (exact) mass is 259 g/mol. The van der Waals surface area contributed by atoms with Gasteiger partial charge in [0, 0.05) is 0 Å². The summed E-state index contributed by atoms with van der Waals surface area (Å²) in [5, 5.41) is 9.04. The smallest absolute Gasteiger partial charge is 0.317 e. The first kappa shape index (κ1) is 13.4. The van der Waals surface area contributed by atoms with Gasteiger partial charge in [-0.15, -0.1) is 0 Å². The van der Waals surface area contributed by atoms with Crippen LogP contribution >= 0.6 is 0 Å². The van der Waals surface area contributed by atoms with E-state index in [2.05, 4.69) is 0 Å².